The lowest BCUT2D eigenvalue weighted by Gasteiger charge is -2.23. The predicted octanol–water partition coefficient (Wildman–Crippen LogP) is 5.85. The molecule has 0 fully saturated rings. The van der Waals surface area contributed by atoms with E-state index in [0.717, 1.165) is 16.9 Å². The summed E-state index contributed by atoms with van der Waals surface area (Å²) in [6, 6.07) is 20.8. The first-order chi connectivity index (χ1) is 16.3. The Balaban J connectivity index is 1.46. The molecule has 0 saturated carbocycles. The number of likely N-dealkylation sites (N-methyl/N-ethyl adjacent to an activating group) is 1. The molecule has 0 spiro atoms. The number of rotatable bonds is 6. The van der Waals surface area contributed by atoms with Crippen LogP contribution < -0.4 is 4.90 Å². The molecular formula is C27H25N3O4. The van der Waals surface area contributed by atoms with Crippen LogP contribution in [0, 0.1) is 0 Å². The number of azo groups is 1. The normalized spacial score (nSPS) is 15.5. The number of aromatic hydroxyl groups is 1. The number of carbonyl (C=O) groups excluding carboxylic acids is 2. The minimum atomic E-state index is -0.658. The second kappa shape index (κ2) is 9.31. The summed E-state index contributed by atoms with van der Waals surface area (Å²) in [5.41, 5.74) is 3.74. The highest BCUT2D eigenvalue weighted by Gasteiger charge is 2.38. The van der Waals surface area contributed by atoms with Crippen LogP contribution in [0.2, 0.25) is 0 Å². The van der Waals surface area contributed by atoms with Crippen molar-refractivity contribution < 1.29 is 19.4 Å². The van der Waals surface area contributed by atoms with E-state index in [-0.39, 0.29) is 29.1 Å². The Bertz CT molecular complexity index is 1290. The fourth-order valence-electron chi connectivity index (χ4n) is 4.03. The van der Waals surface area contributed by atoms with Crippen LogP contribution in [0.4, 0.5) is 17.1 Å². The summed E-state index contributed by atoms with van der Waals surface area (Å²) in [6.07, 6.45) is 1.55. The number of carbonyl (C=O) groups is 2. The van der Waals surface area contributed by atoms with Gasteiger partial charge in [-0.05, 0) is 48.0 Å². The highest BCUT2D eigenvalue weighted by molar-refractivity contribution is 5.98. The van der Waals surface area contributed by atoms with E-state index in [1.807, 2.05) is 30.1 Å². The van der Waals surface area contributed by atoms with Crippen molar-refractivity contribution >= 4 is 28.8 Å². The van der Waals surface area contributed by atoms with E-state index in [1.54, 1.807) is 42.5 Å². The van der Waals surface area contributed by atoms with Crippen molar-refractivity contribution in [2.24, 2.45) is 10.2 Å². The second-order valence-electron chi connectivity index (χ2n) is 8.51. The molecule has 3 aromatic rings. The summed E-state index contributed by atoms with van der Waals surface area (Å²) in [5.74, 6) is -0.841. The smallest absolute Gasteiger partial charge is 0.340 e. The van der Waals surface area contributed by atoms with Crippen LogP contribution >= 0.6 is 0 Å². The number of nitrogens with zero attached hydrogens (tertiary/aromatic N) is 3. The van der Waals surface area contributed by atoms with Crippen molar-refractivity contribution in [2.75, 3.05) is 18.6 Å². The Morgan fingerprint density at radius 1 is 0.971 bits per heavy atom. The van der Waals surface area contributed by atoms with Crippen molar-refractivity contribution in [1.29, 1.82) is 0 Å². The number of benzene rings is 3. The summed E-state index contributed by atoms with van der Waals surface area (Å²) in [7, 11) is 1.92. The number of para-hydroxylation sites is 1. The van der Waals surface area contributed by atoms with Gasteiger partial charge in [0.05, 0.1) is 11.3 Å². The molecule has 0 unspecified atom stereocenters. The van der Waals surface area contributed by atoms with Crippen LogP contribution in [0.1, 0.15) is 29.8 Å². The van der Waals surface area contributed by atoms with Crippen LogP contribution in [0.3, 0.4) is 0 Å². The Morgan fingerprint density at radius 3 is 2.38 bits per heavy atom. The number of ether oxygens (including phenoxy) is 1. The van der Waals surface area contributed by atoms with Gasteiger partial charge in [-0.15, -0.1) is 5.11 Å². The predicted molar refractivity (Wildman–Crippen MR) is 130 cm³/mol. The lowest BCUT2D eigenvalue weighted by atomic mass is 9.83. The van der Waals surface area contributed by atoms with Crippen LogP contribution in [0.15, 0.2) is 94.8 Å². The molecule has 0 saturated heterocycles. The molecule has 0 atom stereocenters. The summed E-state index contributed by atoms with van der Waals surface area (Å²) >= 11 is 0. The summed E-state index contributed by atoms with van der Waals surface area (Å²) < 4.78 is 5.30. The average molecular weight is 456 g/mol. The van der Waals surface area contributed by atoms with Gasteiger partial charge in [0.2, 0.25) is 0 Å². The number of anilines is 1. The van der Waals surface area contributed by atoms with E-state index >= 15 is 0 Å². The van der Waals surface area contributed by atoms with Gasteiger partial charge in [-0.2, -0.15) is 5.11 Å². The third kappa shape index (κ3) is 4.59. The number of hydrogen-bond acceptors (Lipinski definition) is 7. The number of allylic oxidation sites excluding steroid dienone is 1. The molecule has 0 aromatic heterocycles. The van der Waals surface area contributed by atoms with Gasteiger partial charge in [-0.1, -0.05) is 44.2 Å². The second-order valence-corrected chi connectivity index (χ2v) is 8.51. The molecule has 7 heteroatoms. The molecule has 0 bridgehead atoms. The van der Waals surface area contributed by atoms with Crippen molar-refractivity contribution in [3.05, 3.63) is 95.7 Å². The largest absolute Gasteiger partial charge is 0.508 e. The zero-order chi connectivity index (χ0) is 24.3. The molecule has 1 aliphatic rings. The van der Waals surface area contributed by atoms with Crippen molar-refractivity contribution in [2.45, 2.75) is 19.3 Å². The molecule has 34 heavy (non-hydrogen) atoms. The standard InChI is InChI=1S/C27H25N3O4/c1-27(2)22-9-5-7-11-24(22)30(3)25(27)16-20(32)17-34-26(33)21-8-4-6-10-23(21)29-28-18-12-14-19(31)15-13-18/h4-16,31H,17H2,1-3H3/b25-16+,29-28?. The Hall–Kier alpha value is -4.26. The van der Waals surface area contributed by atoms with Gasteiger partial charge in [-0.25, -0.2) is 4.79 Å². The Kier molecular flexibility index (Phi) is 6.27. The molecule has 1 aliphatic heterocycles. The molecule has 0 radical (unpaired) electrons. The van der Waals surface area contributed by atoms with E-state index in [2.05, 4.69) is 30.1 Å². The van der Waals surface area contributed by atoms with E-state index in [1.165, 1.54) is 12.1 Å². The van der Waals surface area contributed by atoms with Crippen molar-refractivity contribution in [1.82, 2.24) is 0 Å². The average Bonchev–Trinajstić information content (AvgIpc) is 3.03. The van der Waals surface area contributed by atoms with Gasteiger partial charge in [0.15, 0.2) is 12.4 Å². The number of phenolic OH excluding ortho intramolecular Hbond substituents is 1. The Labute approximate surface area is 198 Å². The molecule has 7 nitrogen and oxygen atoms in total. The number of ketones is 1. The van der Waals surface area contributed by atoms with Crippen molar-refractivity contribution in [3.63, 3.8) is 0 Å². The SMILES string of the molecule is CN1/C(=C/C(=O)COC(=O)c2ccccc2N=Nc2ccc(O)cc2)C(C)(C)c2ccccc21. The zero-order valence-electron chi connectivity index (χ0n) is 19.2. The lowest BCUT2D eigenvalue weighted by Crippen LogP contribution is -2.25. The Morgan fingerprint density at radius 2 is 1.65 bits per heavy atom. The van der Waals surface area contributed by atoms with E-state index in [0.29, 0.717) is 11.4 Å². The van der Waals surface area contributed by atoms with Gasteiger partial charge in [0.1, 0.15) is 11.4 Å². The molecule has 0 aliphatic carbocycles. The van der Waals surface area contributed by atoms with Gasteiger partial charge >= 0.3 is 5.97 Å². The van der Waals surface area contributed by atoms with Crippen LogP contribution in [-0.2, 0) is 14.9 Å². The third-order valence-corrected chi connectivity index (χ3v) is 5.83. The highest BCUT2D eigenvalue weighted by atomic mass is 16.5. The quantitative estimate of drug-likeness (QED) is 0.286. The van der Waals surface area contributed by atoms with Crippen LogP contribution in [0.5, 0.6) is 5.75 Å². The van der Waals surface area contributed by atoms with E-state index in [9.17, 15) is 14.7 Å². The molecular weight excluding hydrogens is 430 g/mol. The molecule has 1 N–H and O–H groups in total. The monoisotopic (exact) mass is 455 g/mol. The number of hydrogen-bond donors (Lipinski definition) is 1. The molecule has 3 aromatic carbocycles. The fraction of sp³-hybridized carbons (Fsp3) is 0.185. The van der Waals surface area contributed by atoms with E-state index < -0.39 is 5.97 Å². The van der Waals surface area contributed by atoms with Crippen LogP contribution in [0.25, 0.3) is 0 Å². The maximum atomic E-state index is 12.7. The molecule has 172 valence electrons. The number of fused-ring (bicyclic) bond motifs is 1. The lowest BCUT2D eigenvalue weighted by molar-refractivity contribution is -0.117. The number of esters is 1. The minimum absolute atomic E-state index is 0.124. The summed E-state index contributed by atoms with van der Waals surface area (Å²) in [5, 5.41) is 17.6. The summed E-state index contributed by atoms with van der Waals surface area (Å²) in [4.78, 5) is 27.4. The first-order valence-corrected chi connectivity index (χ1v) is 10.8. The number of phenols is 1. The molecule has 0 amide bonds. The first kappa shape index (κ1) is 22.9. The highest BCUT2D eigenvalue weighted by Crippen LogP contribution is 2.46. The topological polar surface area (TPSA) is 91.6 Å². The van der Waals surface area contributed by atoms with Gasteiger partial charge < -0.3 is 14.7 Å². The van der Waals surface area contributed by atoms with E-state index in [4.69, 9.17) is 4.74 Å². The molecule has 4 rings (SSSR count). The van der Waals surface area contributed by atoms with Gasteiger partial charge in [0.25, 0.3) is 0 Å². The van der Waals surface area contributed by atoms with Crippen molar-refractivity contribution in [3.8, 4) is 5.75 Å². The zero-order valence-corrected chi connectivity index (χ0v) is 19.2. The maximum Gasteiger partial charge on any atom is 0.340 e. The first-order valence-electron chi connectivity index (χ1n) is 10.8. The van der Waals surface area contributed by atoms with Crippen LogP contribution in [-0.4, -0.2) is 30.5 Å². The summed E-state index contributed by atoms with van der Waals surface area (Å²) in [6.45, 7) is 3.75. The van der Waals surface area contributed by atoms with Gasteiger partial charge in [-0.3, -0.25) is 4.79 Å². The molecule has 1 heterocycles. The third-order valence-electron chi connectivity index (χ3n) is 5.83. The fourth-order valence-corrected chi connectivity index (χ4v) is 4.03. The van der Waals surface area contributed by atoms with Gasteiger partial charge in [0, 0.05) is 29.9 Å². The maximum absolute atomic E-state index is 12.7. The minimum Gasteiger partial charge on any atom is -0.508 e.